The summed E-state index contributed by atoms with van der Waals surface area (Å²) in [5.41, 5.74) is 2.82. The average Bonchev–Trinajstić information content (AvgIpc) is 2.78. The highest BCUT2D eigenvalue weighted by Crippen LogP contribution is 2.25. The molecule has 0 unspecified atom stereocenters. The molecule has 0 aliphatic carbocycles. The second-order valence-corrected chi connectivity index (χ2v) is 6.52. The Bertz CT molecular complexity index is 1020. The number of nitrogens with zero attached hydrogens (tertiary/aromatic N) is 1. The molecule has 0 atom stereocenters. The fourth-order valence-electron chi connectivity index (χ4n) is 2.90. The van der Waals surface area contributed by atoms with Crippen molar-refractivity contribution in [2.24, 2.45) is 0 Å². The zero-order chi connectivity index (χ0) is 21.3. The Balaban J connectivity index is 1.58. The van der Waals surface area contributed by atoms with Crippen LogP contribution in [0, 0.1) is 0 Å². The number of pyridine rings is 1. The summed E-state index contributed by atoms with van der Waals surface area (Å²) in [7, 11) is 3.14. The molecular weight excluding hydrogens is 382 g/mol. The van der Waals surface area contributed by atoms with E-state index < -0.39 is 0 Å². The van der Waals surface area contributed by atoms with Crippen LogP contribution in [0.15, 0.2) is 67.0 Å². The molecular formula is C23H23N3O4. The molecule has 0 saturated carbocycles. The van der Waals surface area contributed by atoms with Gasteiger partial charge in [0.25, 0.3) is 5.91 Å². The number of benzene rings is 2. The third kappa shape index (κ3) is 5.57. The molecule has 30 heavy (non-hydrogen) atoms. The van der Waals surface area contributed by atoms with Crippen molar-refractivity contribution < 1.29 is 19.1 Å². The first-order valence-corrected chi connectivity index (χ1v) is 9.37. The van der Waals surface area contributed by atoms with Gasteiger partial charge in [-0.2, -0.15) is 0 Å². The van der Waals surface area contributed by atoms with Crippen LogP contribution in [0.1, 0.15) is 21.5 Å². The predicted octanol–water partition coefficient (Wildman–Crippen LogP) is 3.21. The van der Waals surface area contributed by atoms with Gasteiger partial charge in [-0.05, 0) is 35.9 Å². The molecule has 7 heteroatoms. The molecule has 2 aromatic carbocycles. The second-order valence-electron chi connectivity index (χ2n) is 6.52. The van der Waals surface area contributed by atoms with Crippen molar-refractivity contribution in [3.63, 3.8) is 0 Å². The topological polar surface area (TPSA) is 89.6 Å². The number of carbonyl (C=O) groups excluding carboxylic acids is 2. The molecule has 7 nitrogen and oxygen atoms in total. The quantitative estimate of drug-likeness (QED) is 0.601. The number of methoxy groups -OCH3 is 2. The molecule has 3 rings (SSSR count). The monoisotopic (exact) mass is 405 g/mol. The highest BCUT2D eigenvalue weighted by molar-refractivity contribution is 6.04. The zero-order valence-corrected chi connectivity index (χ0v) is 16.8. The van der Waals surface area contributed by atoms with Crippen molar-refractivity contribution in [2.75, 3.05) is 19.5 Å². The van der Waals surface area contributed by atoms with Gasteiger partial charge in [-0.1, -0.05) is 18.2 Å². The lowest BCUT2D eigenvalue weighted by Gasteiger charge is -2.11. The van der Waals surface area contributed by atoms with Crippen LogP contribution < -0.4 is 20.1 Å². The number of anilines is 1. The van der Waals surface area contributed by atoms with E-state index in [1.807, 2.05) is 24.3 Å². The van der Waals surface area contributed by atoms with Crippen LogP contribution in [0.2, 0.25) is 0 Å². The molecule has 0 aliphatic heterocycles. The molecule has 1 aromatic heterocycles. The predicted molar refractivity (Wildman–Crippen MR) is 114 cm³/mol. The third-order valence-corrected chi connectivity index (χ3v) is 4.46. The van der Waals surface area contributed by atoms with Gasteiger partial charge in [0.2, 0.25) is 5.91 Å². The van der Waals surface area contributed by atoms with Crippen LogP contribution in [0.3, 0.4) is 0 Å². The molecule has 154 valence electrons. The number of hydrogen-bond acceptors (Lipinski definition) is 5. The summed E-state index contributed by atoms with van der Waals surface area (Å²) in [6, 6.07) is 16.0. The van der Waals surface area contributed by atoms with E-state index in [2.05, 4.69) is 15.6 Å². The lowest BCUT2D eigenvalue weighted by atomic mass is 10.1. The van der Waals surface area contributed by atoms with Crippen molar-refractivity contribution in [3.8, 4) is 11.5 Å². The minimum absolute atomic E-state index is 0.135. The van der Waals surface area contributed by atoms with Gasteiger partial charge in [-0.25, -0.2) is 0 Å². The minimum Gasteiger partial charge on any atom is -0.497 e. The number of carbonyl (C=O) groups is 2. The summed E-state index contributed by atoms with van der Waals surface area (Å²) in [5, 5.41) is 5.74. The summed E-state index contributed by atoms with van der Waals surface area (Å²) in [6.07, 6.45) is 3.32. The van der Waals surface area contributed by atoms with E-state index >= 15 is 0 Å². The minimum atomic E-state index is -0.217. The van der Waals surface area contributed by atoms with E-state index in [0.717, 1.165) is 11.1 Å². The summed E-state index contributed by atoms with van der Waals surface area (Å²) < 4.78 is 10.5. The standard InChI is InChI=1S/C23H23N3O4/c1-29-20-7-6-18(21(14-20)30-2)13-22(27)25-15-16-4-3-5-19(12-16)26-23(28)17-8-10-24-11-9-17/h3-12,14H,13,15H2,1-2H3,(H,25,27)(H,26,28). The molecule has 0 aliphatic rings. The average molecular weight is 405 g/mol. The van der Waals surface area contributed by atoms with E-state index in [1.165, 1.54) is 0 Å². The maximum Gasteiger partial charge on any atom is 0.255 e. The van der Waals surface area contributed by atoms with Crippen molar-refractivity contribution in [3.05, 3.63) is 83.7 Å². The van der Waals surface area contributed by atoms with E-state index in [-0.39, 0.29) is 18.2 Å². The molecule has 0 spiro atoms. The molecule has 0 saturated heterocycles. The van der Waals surface area contributed by atoms with Crippen molar-refractivity contribution in [2.45, 2.75) is 13.0 Å². The number of amides is 2. The Morgan fingerprint density at radius 3 is 2.50 bits per heavy atom. The van der Waals surface area contributed by atoms with Crippen LogP contribution in [0.4, 0.5) is 5.69 Å². The summed E-state index contributed by atoms with van der Waals surface area (Å²) in [5.74, 6) is 0.918. The third-order valence-electron chi connectivity index (χ3n) is 4.46. The van der Waals surface area contributed by atoms with Crippen molar-refractivity contribution >= 4 is 17.5 Å². The summed E-state index contributed by atoms with van der Waals surface area (Å²) in [6.45, 7) is 0.344. The Morgan fingerprint density at radius 1 is 0.967 bits per heavy atom. The van der Waals surface area contributed by atoms with Gasteiger partial charge in [0, 0.05) is 41.8 Å². The van der Waals surface area contributed by atoms with Crippen molar-refractivity contribution in [1.29, 1.82) is 0 Å². The van der Waals surface area contributed by atoms with E-state index in [0.29, 0.717) is 29.3 Å². The van der Waals surface area contributed by atoms with E-state index in [9.17, 15) is 9.59 Å². The molecule has 2 amide bonds. The maximum absolute atomic E-state index is 12.4. The number of nitrogens with one attached hydrogen (secondary N) is 2. The highest BCUT2D eigenvalue weighted by Gasteiger charge is 2.11. The SMILES string of the molecule is COc1ccc(CC(=O)NCc2cccc(NC(=O)c3ccncc3)c2)c(OC)c1. The Morgan fingerprint density at radius 2 is 1.77 bits per heavy atom. The van der Waals surface area contributed by atoms with Gasteiger partial charge in [0.1, 0.15) is 11.5 Å². The van der Waals surface area contributed by atoms with Crippen LogP contribution in [-0.4, -0.2) is 31.0 Å². The molecule has 3 aromatic rings. The first kappa shape index (κ1) is 20.9. The van der Waals surface area contributed by atoms with Gasteiger partial charge >= 0.3 is 0 Å². The van der Waals surface area contributed by atoms with Gasteiger partial charge in [-0.3, -0.25) is 14.6 Å². The fourth-order valence-corrected chi connectivity index (χ4v) is 2.90. The highest BCUT2D eigenvalue weighted by atomic mass is 16.5. The van der Waals surface area contributed by atoms with E-state index in [1.54, 1.807) is 56.9 Å². The number of hydrogen-bond donors (Lipinski definition) is 2. The molecule has 0 bridgehead atoms. The van der Waals surface area contributed by atoms with Crippen LogP contribution in [0.25, 0.3) is 0 Å². The fraction of sp³-hybridized carbons (Fsp3) is 0.174. The van der Waals surface area contributed by atoms with Crippen LogP contribution in [-0.2, 0) is 17.8 Å². The normalized spacial score (nSPS) is 10.2. The lowest BCUT2D eigenvalue weighted by molar-refractivity contribution is -0.120. The van der Waals surface area contributed by atoms with Gasteiger partial charge in [0.05, 0.1) is 20.6 Å². The summed E-state index contributed by atoms with van der Waals surface area (Å²) in [4.78, 5) is 28.6. The van der Waals surface area contributed by atoms with Gasteiger partial charge in [-0.15, -0.1) is 0 Å². The lowest BCUT2D eigenvalue weighted by Crippen LogP contribution is -2.24. The molecule has 0 fully saturated rings. The number of ether oxygens (including phenoxy) is 2. The van der Waals surface area contributed by atoms with Gasteiger partial charge in [0.15, 0.2) is 0 Å². The second kappa shape index (κ2) is 10.1. The first-order chi connectivity index (χ1) is 14.6. The maximum atomic E-state index is 12.4. The molecule has 2 N–H and O–H groups in total. The molecule has 0 radical (unpaired) electrons. The number of aromatic nitrogens is 1. The molecule has 1 heterocycles. The Kier molecular flexibility index (Phi) is 7.00. The smallest absolute Gasteiger partial charge is 0.255 e. The number of rotatable bonds is 8. The van der Waals surface area contributed by atoms with Gasteiger partial charge < -0.3 is 20.1 Å². The van der Waals surface area contributed by atoms with E-state index in [4.69, 9.17) is 9.47 Å². The van der Waals surface area contributed by atoms with Crippen LogP contribution >= 0.6 is 0 Å². The van der Waals surface area contributed by atoms with Crippen molar-refractivity contribution in [1.82, 2.24) is 10.3 Å². The van der Waals surface area contributed by atoms with Crippen LogP contribution in [0.5, 0.6) is 11.5 Å². The Labute approximate surface area is 175 Å². The first-order valence-electron chi connectivity index (χ1n) is 9.37. The summed E-state index contributed by atoms with van der Waals surface area (Å²) >= 11 is 0. The largest absolute Gasteiger partial charge is 0.497 e. The zero-order valence-electron chi connectivity index (χ0n) is 16.8. The Hall–Kier alpha value is -3.87.